The zero-order valence-electron chi connectivity index (χ0n) is 34.1. The SMILES string of the molecule is COCC[C@@H]1[C@@H](C)C/C=C\[C@@](CN2CCN(C3(C)COC3)CC2)(OC)[C@@H]2CC[C@H]2CN2C[C@@]3(CCCc4cc(Cl)ccc43)COc3ccc(cc32)C(=O)NS1(=O)=O. The predicted molar refractivity (Wildman–Crippen MR) is 223 cm³/mol. The number of allylic oxidation sites excluding steroid dienone is 1. The van der Waals surface area contributed by atoms with Crippen molar-refractivity contribution >= 4 is 33.2 Å². The molecule has 8 rings (SSSR count). The molecule has 1 spiro atoms. The number of ether oxygens (including phenoxy) is 4. The molecular weight excluding hydrogens is 764 g/mol. The lowest BCUT2D eigenvalue weighted by Crippen LogP contribution is -2.66. The van der Waals surface area contributed by atoms with Crippen LogP contribution in [0.15, 0.2) is 48.6 Å². The van der Waals surface area contributed by atoms with Crippen molar-refractivity contribution in [2.24, 2.45) is 17.8 Å². The molecule has 1 amide bonds. The van der Waals surface area contributed by atoms with E-state index in [1.54, 1.807) is 13.2 Å². The molecule has 2 bridgehead atoms. The molecule has 0 aromatic heterocycles. The van der Waals surface area contributed by atoms with Crippen LogP contribution >= 0.6 is 11.6 Å². The highest BCUT2D eigenvalue weighted by Gasteiger charge is 2.50. The van der Waals surface area contributed by atoms with Gasteiger partial charge in [-0.05, 0) is 111 Å². The smallest absolute Gasteiger partial charge is 0.264 e. The van der Waals surface area contributed by atoms with E-state index < -0.39 is 26.8 Å². The summed E-state index contributed by atoms with van der Waals surface area (Å²) in [5.41, 5.74) is 2.93. The molecule has 3 fully saturated rings. The summed E-state index contributed by atoms with van der Waals surface area (Å²) in [6.07, 6.45) is 10.3. The normalized spacial score (nSPS) is 33.4. The first-order valence-electron chi connectivity index (χ1n) is 21.0. The lowest BCUT2D eigenvalue weighted by Gasteiger charge is -2.54. The summed E-state index contributed by atoms with van der Waals surface area (Å²) < 4.78 is 55.1. The second kappa shape index (κ2) is 16.4. The number of nitrogens with zero attached hydrogens (tertiary/aromatic N) is 3. The number of anilines is 1. The van der Waals surface area contributed by atoms with Gasteiger partial charge in [0.15, 0.2) is 0 Å². The number of nitrogens with one attached hydrogen (secondary N) is 1. The molecule has 2 aliphatic carbocycles. The quantitative estimate of drug-likeness (QED) is 0.350. The lowest BCUT2D eigenvalue weighted by atomic mass is 9.63. The van der Waals surface area contributed by atoms with E-state index in [9.17, 15) is 13.2 Å². The van der Waals surface area contributed by atoms with Crippen LogP contribution in [0.1, 0.15) is 73.9 Å². The first kappa shape index (κ1) is 41.0. The van der Waals surface area contributed by atoms with Gasteiger partial charge in [0.25, 0.3) is 5.91 Å². The Labute approximate surface area is 344 Å². The second-order valence-electron chi connectivity index (χ2n) is 18.1. The maximum absolute atomic E-state index is 14.1. The van der Waals surface area contributed by atoms with Gasteiger partial charge >= 0.3 is 0 Å². The van der Waals surface area contributed by atoms with E-state index in [0.717, 1.165) is 95.3 Å². The van der Waals surface area contributed by atoms with E-state index in [0.29, 0.717) is 36.8 Å². The molecule has 1 N–H and O–H groups in total. The number of carbonyl (C=O) groups excluding carboxylic acids is 1. The molecule has 57 heavy (non-hydrogen) atoms. The Kier molecular flexibility index (Phi) is 11.8. The van der Waals surface area contributed by atoms with Gasteiger partial charge in [-0.25, -0.2) is 13.1 Å². The third-order valence-electron chi connectivity index (χ3n) is 14.4. The van der Waals surface area contributed by atoms with Crippen LogP contribution in [0.5, 0.6) is 5.75 Å². The highest BCUT2D eigenvalue weighted by molar-refractivity contribution is 7.90. The van der Waals surface area contributed by atoms with Crippen LogP contribution in [0.2, 0.25) is 5.02 Å². The van der Waals surface area contributed by atoms with Crippen LogP contribution < -0.4 is 14.4 Å². The van der Waals surface area contributed by atoms with Crippen molar-refractivity contribution in [2.75, 3.05) is 91.4 Å². The summed E-state index contributed by atoms with van der Waals surface area (Å²) in [4.78, 5) is 21.5. The fraction of sp³-hybridized carbons (Fsp3) is 0.659. The molecule has 13 heteroatoms. The molecule has 4 aliphatic heterocycles. The minimum atomic E-state index is -4.07. The van der Waals surface area contributed by atoms with Crippen LogP contribution in [0.25, 0.3) is 0 Å². The Morgan fingerprint density at radius 1 is 1.04 bits per heavy atom. The molecule has 1 saturated carbocycles. The highest BCUT2D eigenvalue weighted by Crippen LogP contribution is 2.49. The molecule has 0 unspecified atom stereocenters. The van der Waals surface area contributed by atoms with Gasteiger partial charge in [-0.15, -0.1) is 0 Å². The van der Waals surface area contributed by atoms with Crippen molar-refractivity contribution in [1.82, 2.24) is 14.5 Å². The first-order chi connectivity index (χ1) is 27.4. The topological polar surface area (TPSA) is 110 Å². The maximum atomic E-state index is 14.1. The summed E-state index contributed by atoms with van der Waals surface area (Å²) in [6.45, 7) is 12.7. The molecule has 2 saturated heterocycles. The minimum absolute atomic E-state index is 0.122. The number of piperazine rings is 1. The van der Waals surface area contributed by atoms with Gasteiger partial charge in [0.05, 0.1) is 36.3 Å². The van der Waals surface area contributed by atoms with Crippen LogP contribution in [-0.4, -0.2) is 127 Å². The standard InChI is InChI=1S/C44H61ClN4O7S/c1-31-7-5-17-44(54-4,27-47-18-20-49(21-19-47)42(2)28-55-29-42)37-12-9-34(37)25-48-26-43(16-6-8-32-23-35(45)11-13-36(32)43)30-56-39-14-10-33(24-38(39)48)41(50)46-57(51,52)40(31)15-22-53-3/h5,10-11,13-14,17,23-24,31,34,37,40H,6-9,12,15-16,18-22,25-30H2,1-4H3,(H,46,50)/b17-5-/t31-,34-,37+,40+,43-,44-/m0/s1. The number of carbonyl (C=O) groups is 1. The Bertz CT molecular complexity index is 1930. The molecule has 2 aromatic carbocycles. The van der Waals surface area contributed by atoms with Gasteiger partial charge in [-0.3, -0.25) is 14.6 Å². The molecule has 2 aromatic rings. The Morgan fingerprint density at radius 3 is 2.54 bits per heavy atom. The summed E-state index contributed by atoms with van der Waals surface area (Å²) >= 11 is 6.53. The van der Waals surface area contributed by atoms with Crippen molar-refractivity contribution < 1.29 is 32.2 Å². The average molecular weight is 826 g/mol. The minimum Gasteiger partial charge on any atom is -0.490 e. The number of benzene rings is 2. The maximum Gasteiger partial charge on any atom is 0.264 e. The third kappa shape index (κ3) is 8.01. The van der Waals surface area contributed by atoms with Crippen molar-refractivity contribution in [2.45, 2.75) is 80.6 Å². The summed E-state index contributed by atoms with van der Waals surface area (Å²) in [6, 6.07) is 11.7. The first-order valence-corrected chi connectivity index (χ1v) is 22.9. The number of sulfonamides is 1. The number of aryl methyl sites for hydroxylation is 1. The number of halogens is 1. The number of rotatable bonds is 7. The van der Waals surface area contributed by atoms with Crippen molar-refractivity contribution in [3.63, 3.8) is 0 Å². The van der Waals surface area contributed by atoms with Gasteiger partial charge in [-0.1, -0.05) is 36.7 Å². The van der Waals surface area contributed by atoms with Gasteiger partial charge in [0.2, 0.25) is 10.0 Å². The summed E-state index contributed by atoms with van der Waals surface area (Å²) in [7, 11) is -0.649. The highest BCUT2D eigenvalue weighted by atomic mass is 35.5. The van der Waals surface area contributed by atoms with Crippen LogP contribution in [0, 0.1) is 17.8 Å². The van der Waals surface area contributed by atoms with Crippen LogP contribution in [0.4, 0.5) is 5.69 Å². The fourth-order valence-electron chi connectivity index (χ4n) is 10.8. The number of methoxy groups -OCH3 is 2. The van der Waals surface area contributed by atoms with Gasteiger partial charge in [-0.2, -0.15) is 0 Å². The van der Waals surface area contributed by atoms with Crippen molar-refractivity contribution in [1.29, 1.82) is 0 Å². The molecular formula is C44H61ClN4O7S. The van der Waals surface area contributed by atoms with Crippen LogP contribution in [-0.2, 0) is 36.1 Å². The summed E-state index contributed by atoms with van der Waals surface area (Å²) in [5, 5.41) is -0.0929. The monoisotopic (exact) mass is 824 g/mol. The van der Waals surface area contributed by atoms with Crippen molar-refractivity contribution in [3.05, 3.63) is 70.3 Å². The fourth-order valence-corrected chi connectivity index (χ4v) is 12.7. The average Bonchev–Trinajstić information content (AvgIpc) is 3.31. The Hall–Kier alpha value is -2.71. The largest absolute Gasteiger partial charge is 0.490 e. The lowest BCUT2D eigenvalue weighted by molar-refractivity contribution is -0.146. The molecule has 6 atom stereocenters. The zero-order valence-corrected chi connectivity index (χ0v) is 35.7. The molecule has 6 aliphatic rings. The number of fused-ring (bicyclic) bond motifs is 4. The van der Waals surface area contributed by atoms with Gasteiger partial charge in [0, 0.05) is 82.6 Å². The molecule has 312 valence electrons. The van der Waals surface area contributed by atoms with E-state index >= 15 is 0 Å². The van der Waals surface area contributed by atoms with E-state index in [1.807, 2.05) is 32.2 Å². The summed E-state index contributed by atoms with van der Waals surface area (Å²) in [5.74, 6) is 0.340. The Morgan fingerprint density at radius 2 is 1.84 bits per heavy atom. The third-order valence-corrected chi connectivity index (χ3v) is 16.6. The number of hydrogen-bond acceptors (Lipinski definition) is 10. The second-order valence-corrected chi connectivity index (χ2v) is 20.4. The van der Waals surface area contributed by atoms with E-state index in [4.69, 9.17) is 30.5 Å². The van der Waals surface area contributed by atoms with Gasteiger partial charge in [0.1, 0.15) is 11.4 Å². The van der Waals surface area contributed by atoms with Crippen molar-refractivity contribution in [3.8, 4) is 5.75 Å². The molecule has 11 nitrogen and oxygen atoms in total. The number of hydrogen-bond donors (Lipinski definition) is 1. The van der Waals surface area contributed by atoms with Crippen LogP contribution in [0.3, 0.4) is 0 Å². The van der Waals surface area contributed by atoms with E-state index in [1.165, 1.54) is 11.1 Å². The van der Waals surface area contributed by atoms with Gasteiger partial charge < -0.3 is 23.8 Å². The molecule has 0 radical (unpaired) electrons. The Balaban J connectivity index is 1.18. The zero-order chi connectivity index (χ0) is 40.0. The van der Waals surface area contributed by atoms with E-state index in [-0.39, 0.29) is 35.8 Å². The van der Waals surface area contributed by atoms with E-state index in [2.05, 4.69) is 50.6 Å². The molecule has 4 heterocycles. The number of amides is 1. The predicted octanol–water partition coefficient (Wildman–Crippen LogP) is 5.69.